The molecule has 1 atom stereocenters. The van der Waals surface area contributed by atoms with Crippen molar-refractivity contribution in [3.05, 3.63) is 62.0 Å². The minimum atomic E-state index is -0.104. The molecule has 21 heavy (non-hydrogen) atoms. The molecule has 2 rings (SSSR count). The maximum absolute atomic E-state index is 6.23. The van der Waals surface area contributed by atoms with Crippen molar-refractivity contribution < 1.29 is 4.74 Å². The molecule has 3 N–H and O–H groups in total. The van der Waals surface area contributed by atoms with Gasteiger partial charge in [-0.1, -0.05) is 45.2 Å². The Morgan fingerprint density at radius 3 is 2.62 bits per heavy atom. The predicted molar refractivity (Wildman–Crippen MR) is 90.9 cm³/mol. The van der Waals surface area contributed by atoms with E-state index in [-0.39, 0.29) is 6.04 Å². The molecule has 1 unspecified atom stereocenters. The molecular formula is C15H15BrCl2N2O. The highest BCUT2D eigenvalue weighted by molar-refractivity contribution is 9.10. The fraction of sp³-hybridized carbons (Fsp3) is 0.200. The lowest BCUT2D eigenvalue weighted by molar-refractivity contribution is 0.412. The zero-order chi connectivity index (χ0) is 15.4. The lowest BCUT2D eigenvalue weighted by Crippen LogP contribution is -2.30. The normalized spacial score (nSPS) is 12.2. The molecular weight excluding hydrogens is 375 g/mol. The fourth-order valence-electron chi connectivity index (χ4n) is 2.08. The molecule has 0 amide bonds. The van der Waals surface area contributed by atoms with Gasteiger partial charge in [-0.05, 0) is 47.9 Å². The molecule has 3 nitrogen and oxygen atoms in total. The van der Waals surface area contributed by atoms with E-state index in [0.717, 1.165) is 21.3 Å². The second kappa shape index (κ2) is 7.47. The summed E-state index contributed by atoms with van der Waals surface area (Å²) in [5.41, 5.74) is 4.80. The summed E-state index contributed by atoms with van der Waals surface area (Å²) in [5.74, 6) is 6.49. The summed E-state index contributed by atoms with van der Waals surface area (Å²) >= 11 is 15.7. The molecule has 0 bridgehead atoms. The third-order valence-electron chi connectivity index (χ3n) is 3.22. The average Bonchev–Trinajstić information content (AvgIpc) is 2.47. The molecule has 0 aliphatic carbocycles. The number of hydrogen-bond donors (Lipinski definition) is 2. The monoisotopic (exact) mass is 388 g/mol. The number of halogens is 3. The third kappa shape index (κ3) is 4.11. The number of rotatable bonds is 5. The highest BCUT2D eigenvalue weighted by Gasteiger charge is 2.16. The fourth-order valence-corrected chi connectivity index (χ4v) is 3.09. The topological polar surface area (TPSA) is 47.3 Å². The second-order valence-corrected chi connectivity index (χ2v) is 6.24. The number of nitrogens with one attached hydrogen (secondary N) is 1. The van der Waals surface area contributed by atoms with Crippen LogP contribution in [0.1, 0.15) is 17.2 Å². The van der Waals surface area contributed by atoms with Gasteiger partial charge >= 0.3 is 0 Å². The van der Waals surface area contributed by atoms with Crippen molar-refractivity contribution in [2.45, 2.75) is 12.5 Å². The number of methoxy groups -OCH3 is 1. The van der Waals surface area contributed by atoms with Crippen LogP contribution in [0.5, 0.6) is 5.75 Å². The molecule has 0 heterocycles. The van der Waals surface area contributed by atoms with E-state index < -0.39 is 0 Å². The molecule has 0 radical (unpaired) electrons. The Labute approximate surface area is 142 Å². The highest BCUT2D eigenvalue weighted by atomic mass is 79.9. The van der Waals surface area contributed by atoms with E-state index >= 15 is 0 Å². The van der Waals surface area contributed by atoms with Gasteiger partial charge in [-0.25, -0.2) is 0 Å². The van der Waals surface area contributed by atoms with Gasteiger partial charge in [-0.15, -0.1) is 0 Å². The summed E-state index contributed by atoms with van der Waals surface area (Å²) < 4.78 is 6.22. The van der Waals surface area contributed by atoms with E-state index in [2.05, 4.69) is 21.4 Å². The van der Waals surface area contributed by atoms with Gasteiger partial charge in [0.15, 0.2) is 0 Å². The average molecular weight is 390 g/mol. The van der Waals surface area contributed by atoms with Crippen molar-refractivity contribution >= 4 is 39.1 Å². The minimum Gasteiger partial charge on any atom is -0.497 e. The summed E-state index contributed by atoms with van der Waals surface area (Å²) in [4.78, 5) is 0. The minimum absolute atomic E-state index is 0.104. The SMILES string of the molecule is COc1ccc(Br)c(C(Cc2ccc(Cl)cc2Cl)NN)c1. The number of hydrazine groups is 1. The molecule has 6 heteroatoms. The molecule has 0 fully saturated rings. The Balaban J connectivity index is 2.31. The quantitative estimate of drug-likeness (QED) is 0.584. The summed E-state index contributed by atoms with van der Waals surface area (Å²) in [7, 11) is 1.63. The first-order chi connectivity index (χ1) is 10.0. The Bertz CT molecular complexity index is 637. The highest BCUT2D eigenvalue weighted by Crippen LogP contribution is 2.31. The first kappa shape index (κ1) is 16.6. The van der Waals surface area contributed by atoms with Crippen molar-refractivity contribution in [3.8, 4) is 5.75 Å². The molecule has 112 valence electrons. The second-order valence-electron chi connectivity index (χ2n) is 4.55. The largest absolute Gasteiger partial charge is 0.497 e. The lowest BCUT2D eigenvalue weighted by Gasteiger charge is -2.19. The number of benzene rings is 2. The van der Waals surface area contributed by atoms with Gasteiger partial charge in [0, 0.05) is 14.5 Å². The van der Waals surface area contributed by atoms with E-state index in [1.165, 1.54) is 0 Å². The van der Waals surface area contributed by atoms with Crippen LogP contribution in [0.3, 0.4) is 0 Å². The summed E-state index contributed by atoms with van der Waals surface area (Å²) in [6, 6.07) is 11.1. The molecule has 0 spiro atoms. The predicted octanol–water partition coefficient (Wildman–Crippen LogP) is 4.51. The van der Waals surface area contributed by atoms with Gasteiger partial charge in [-0.3, -0.25) is 11.3 Å². The van der Waals surface area contributed by atoms with Crippen LogP contribution in [0, 0.1) is 0 Å². The maximum Gasteiger partial charge on any atom is 0.119 e. The van der Waals surface area contributed by atoms with E-state index in [4.69, 9.17) is 33.8 Å². The van der Waals surface area contributed by atoms with Crippen LogP contribution in [0.25, 0.3) is 0 Å². The summed E-state index contributed by atoms with van der Waals surface area (Å²) in [6.07, 6.45) is 0.637. The first-order valence-electron chi connectivity index (χ1n) is 6.28. The van der Waals surface area contributed by atoms with Crippen LogP contribution in [-0.2, 0) is 6.42 Å². The number of ether oxygens (including phenoxy) is 1. The molecule has 0 aliphatic heterocycles. The molecule has 2 aromatic carbocycles. The third-order valence-corrected chi connectivity index (χ3v) is 4.53. The Hall–Kier alpha value is -0.780. The van der Waals surface area contributed by atoms with Crippen LogP contribution in [0.2, 0.25) is 10.0 Å². The lowest BCUT2D eigenvalue weighted by atomic mass is 9.99. The van der Waals surface area contributed by atoms with Gasteiger partial charge < -0.3 is 4.74 Å². The van der Waals surface area contributed by atoms with E-state index in [1.54, 1.807) is 13.2 Å². The van der Waals surface area contributed by atoms with Crippen LogP contribution in [0.4, 0.5) is 0 Å². The standard InChI is InChI=1S/C15H15BrCl2N2O/c1-21-11-4-5-13(16)12(8-11)15(20-19)6-9-2-3-10(17)7-14(9)18/h2-5,7-8,15,20H,6,19H2,1H3. The van der Waals surface area contributed by atoms with Crippen molar-refractivity contribution in [1.82, 2.24) is 5.43 Å². The van der Waals surface area contributed by atoms with Crippen molar-refractivity contribution in [1.29, 1.82) is 0 Å². The smallest absolute Gasteiger partial charge is 0.119 e. The first-order valence-corrected chi connectivity index (χ1v) is 7.83. The van der Waals surface area contributed by atoms with Crippen LogP contribution in [0.15, 0.2) is 40.9 Å². The van der Waals surface area contributed by atoms with Gasteiger partial charge in [0.1, 0.15) is 5.75 Å². The van der Waals surface area contributed by atoms with Crippen molar-refractivity contribution in [3.63, 3.8) is 0 Å². The molecule has 0 aliphatic rings. The Morgan fingerprint density at radius 2 is 2.00 bits per heavy atom. The Kier molecular flexibility index (Phi) is 5.90. The zero-order valence-corrected chi connectivity index (χ0v) is 14.5. The molecule has 0 aromatic heterocycles. The maximum atomic E-state index is 6.23. The van der Waals surface area contributed by atoms with Gasteiger partial charge in [0.2, 0.25) is 0 Å². The summed E-state index contributed by atoms with van der Waals surface area (Å²) in [6.45, 7) is 0. The van der Waals surface area contributed by atoms with Crippen LogP contribution in [-0.4, -0.2) is 7.11 Å². The van der Waals surface area contributed by atoms with E-state index in [1.807, 2.05) is 30.3 Å². The number of nitrogens with two attached hydrogens (primary N) is 1. The van der Waals surface area contributed by atoms with E-state index in [9.17, 15) is 0 Å². The van der Waals surface area contributed by atoms with Crippen molar-refractivity contribution in [2.24, 2.45) is 5.84 Å². The van der Waals surface area contributed by atoms with Gasteiger partial charge in [0.05, 0.1) is 13.2 Å². The van der Waals surface area contributed by atoms with Crippen LogP contribution >= 0.6 is 39.1 Å². The van der Waals surface area contributed by atoms with E-state index in [0.29, 0.717) is 16.5 Å². The van der Waals surface area contributed by atoms with Gasteiger partial charge in [0.25, 0.3) is 0 Å². The molecule has 0 saturated carbocycles. The zero-order valence-electron chi connectivity index (χ0n) is 11.4. The van der Waals surface area contributed by atoms with Gasteiger partial charge in [-0.2, -0.15) is 0 Å². The van der Waals surface area contributed by atoms with Crippen molar-refractivity contribution in [2.75, 3.05) is 7.11 Å². The Morgan fingerprint density at radius 1 is 1.24 bits per heavy atom. The molecule has 0 saturated heterocycles. The van der Waals surface area contributed by atoms with Crippen LogP contribution < -0.4 is 16.0 Å². The molecule has 2 aromatic rings. The summed E-state index contributed by atoms with van der Waals surface area (Å²) in [5, 5.41) is 1.24. The number of hydrogen-bond acceptors (Lipinski definition) is 3.